The van der Waals surface area contributed by atoms with Crippen molar-refractivity contribution in [3.05, 3.63) is 41.5 Å². The van der Waals surface area contributed by atoms with E-state index in [2.05, 4.69) is 18.9 Å². The molecule has 0 saturated carbocycles. The van der Waals surface area contributed by atoms with Crippen LogP contribution in [0.3, 0.4) is 0 Å². The second-order valence-electron chi connectivity index (χ2n) is 3.74. The Morgan fingerprint density at radius 3 is 2.50 bits per heavy atom. The molecule has 0 spiro atoms. The van der Waals surface area contributed by atoms with Gasteiger partial charge in [-0.15, -0.1) is 0 Å². The van der Waals surface area contributed by atoms with Gasteiger partial charge in [0.15, 0.2) is 0 Å². The fraction of sp³-hybridized carbons (Fsp3) is 0.308. The third-order valence-corrected chi connectivity index (χ3v) is 2.39. The zero-order valence-corrected chi connectivity index (χ0v) is 9.68. The Balaban J connectivity index is 2.64. The summed E-state index contributed by atoms with van der Waals surface area (Å²) in [4.78, 5) is 12.5. The Labute approximate surface area is 96.0 Å². The summed E-state index contributed by atoms with van der Waals surface area (Å²) < 4.78 is 0. The first-order valence-electron chi connectivity index (χ1n) is 5.30. The van der Waals surface area contributed by atoms with Crippen molar-refractivity contribution in [2.24, 2.45) is 0 Å². The molecule has 3 nitrogen and oxygen atoms in total. The van der Waals surface area contributed by atoms with Crippen LogP contribution in [0.2, 0.25) is 0 Å². The molecule has 0 atom stereocenters. The molecule has 0 aliphatic carbocycles. The molecule has 1 rings (SSSR count). The van der Waals surface area contributed by atoms with E-state index in [1.165, 1.54) is 5.56 Å². The molecule has 3 heteroatoms. The van der Waals surface area contributed by atoms with Crippen molar-refractivity contribution in [3.8, 4) is 0 Å². The van der Waals surface area contributed by atoms with Crippen molar-refractivity contribution < 1.29 is 9.90 Å². The molecule has 0 aliphatic rings. The number of hydrogen-bond donors (Lipinski definition) is 1. The van der Waals surface area contributed by atoms with E-state index in [0.717, 1.165) is 24.7 Å². The quantitative estimate of drug-likeness (QED) is 0.772. The third kappa shape index (κ3) is 4.28. The van der Waals surface area contributed by atoms with Gasteiger partial charge in [-0.3, -0.25) is 0 Å². The van der Waals surface area contributed by atoms with Crippen molar-refractivity contribution in [2.75, 3.05) is 13.6 Å². The summed E-state index contributed by atoms with van der Waals surface area (Å²) in [5.74, 6) is -0.921. The van der Waals surface area contributed by atoms with E-state index in [1.807, 2.05) is 24.3 Å². The van der Waals surface area contributed by atoms with Crippen LogP contribution in [0.1, 0.15) is 18.1 Å². The van der Waals surface area contributed by atoms with Crippen LogP contribution in [0.25, 0.3) is 6.08 Å². The van der Waals surface area contributed by atoms with E-state index in [4.69, 9.17) is 5.11 Å². The monoisotopic (exact) mass is 219 g/mol. The summed E-state index contributed by atoms with van der Waals surface area (Å²) in [5.41, 5.74) is 2.14. The van der Waals surface area contributed by atoms with Crippen LogP contribution in [0.4, 0.5) is 0 Å². The Morgan fingerprint density at radius 2 is 2.00 bits per heavy atom. The van der Waals surface area contributed by atoms with Crippen LogP contribution in [0.15, 0.2) is 30.3 Å². The summed E-state index contributed by atoms with van der Waals surface area (Å²) in [6.07, 6.45) is 2.74. The van der Waals surface area contributed by atoms with Gasteiger partial charge in [-0.25, -0.2) is 4.79 Å². The molecule has 0 aromatic heterocycles. The summed E-state index contributed by atoms with van der Waals surface area (Å²) in [5, 5.41) is 8.49. The van der Waals surface area contributed by atoms with E-state index in [0.29, 0.717) is 0 Å². The SMILES string of the molecule is CCN(C)Cc1ccc(C=CC(=O)O)cc1. The first-order valence-corrected chi connectivity index (χ1v) is 5.30. The molecule has 0 aliphatic heterocycles. The number of aliphatic carboxylic acids is 1. The maximum absolute atomic E-state index is 10.3. The number of carboxylic acids is 1. The molecule has 16 heavy (non-hydrogen) atoms. The Morgan fingerprint density at radius 1 is 1.38 bits per heavy atom. The largest absolute Gasteiger partial charge is 0.478 e. The molecule has 0 amide bonds. The Hall–Kier alpha value is -1.61. The lowest BCUT2D eigenvalue weighted by molar-refractivity contribution is -0.131. The Bertz CT molecular complexity index is 368. The van der Waals surface area contributed by atoms with Crippen LogP contribution in [-0.4, -0.2) is 29.6 Å². The van der Waals surface area contributed by atoms with Crippen LogP contribution in [0.5, 0.6) is 0 Å². The molecule has 0 saturated heterocycles. The first-order chi connectivity index (χ1) is 7.61. The van der Waals surface area contributed by atoms with Crippen LogP contribution >= 0.6 is 0 Å². The van der Waals surface area contributed by atoms with Gasteiger partial charge in [-0.2, -0.15) is 0 Å². The van der Waals surface area contributed by atoms with Crippen LogP contribution in [0, 0.1) is 0 Å². The molecule has 1 aromatic carbocycles. The van der Waals surface area contributed by atoms with Gasteiger partial charge in [-0.05, 0) is 30.8 Å². The van der Waals surface area contributed by atoms with Crippen molar-refractivity contribution in [1.29, 1.82) is 0 Å². The molecular weight excluding hydrogens is 202 g/mol. The minimum absolute atomic E-state index is 0.908. The Kier molecular flexibility index (Phi) is 4.73. The number of hydrogen-bond acceptors (Lipinski definition) is 2. The highest BCUT2D eigenvalue weighted by atomic mass is 16.4. The smallest absolute Gasteiger partial charge is 0.328 e. The maximum Gasteiger partial charge on any atom is 0.328 e. The van der Waals surface area contributed by atoms with Gasteiger partial charge in [0.1, 0.15) is 0 Å². The third-order valence-electron chi connectivity index (χ3n) is 2.39. The van der Waals surface area contributed by atoms with Crippen molar-refractivity contribution in [2.45, 2.75) is 13.5 Å². The molecule has 0 fully saturated rings. The van der Waals surface area contributed by atoms with E-state index in [9.17, 15) is 4.79 Å². The highest BCUT2D eigenvalue weighted by Crippen LogP contribution is 2.08. The van der Waals surface area contributed by atoms with Crippen molar-refractivity contribution in [1.82, 2.24) is 4.90 Å². The van der Waals surface area contributed by atoms with E-state index >= 15 is 0 Å². The lowest BCUT2D eigenvalue weighted by Gasteiger charge is -2.13. The highest BCUT2D eigenvalue weighted by Gasteiger charge is 1.97. The standard InChI is InChI=1S/C13H17NO2/c1-3-14(2)10-12-6-4-11(5-7-12)8-9-13(15)16/h4-9H,3,10H2,1-2H3,(H,15,16). The fourth-order valence-electron chi connectivity index (χ4n) is 1.33. The second kappa shape index (κ2) is 6.08. The van der Waals surface area contributed by atoms with Gasteiger partial charge in [0, 0.05) is 12.6 Å². The summed E-state index contributed by atoms with van der Waals surface area (Å²) in [6.45, 7) is 4.05. The molecule has 0 bridgehead atoms. The minimum atomic E-state index is -0.921. The zero-order valence-electron chi connectivity index (χ0n) is 9.68. The van der Waals surface area contributed by atoms with Gasteiger partial charge in [0.25, 0.3) is 0 Å². The van der Waals surface area contributed by atoms with Crippen LogP contribution < -0.4 is 0 Å². The fourth-order valence-corrected chi connectivity index (χ4v) is 1.33. The first kappa shape index (κ1) is 12.5. The average Bonchev–Trinajstić information content (AvgIpc) is 2.28. The number of nitrogens with zero attached hydrogens (tertiary/aromatic N) is 1. The highest BCUT2D eigenvalue weighted by molar-refractivity contribution is 5.85. The van der Waals surface area contributed by atoms with E-state index < -0.39 is 5.97 Å². The molecular formula is C13H17NO2. The van der Waals surface area contributed by atoms with Gasteiger partial charge in [0.2, 0.25) is 0 Å². The van der Waals surface area contributed by atoms with Gasteiger partial charge in [-0.1, -0.05) is 31.2 Å². The number of carboxylic acid groups (broad SMARTS) is 1. The predicted molar refractivity (Wildman–Crippen MR) is 65.1 cm³/mol. The summed E-state index contributed by atoms with van der Waals surface area (Å²) in [7, 11) is 2.07. The molecule has 0 radical (unpaired) electrons. The summed E-state index contributed by atoms with van der Waals surface area (Å²) in [6, 6.07) is 7.90. The van der Waals surface area contributed by atoms with Gasteiger partial charge < -0.3 is 10.0 Å². The lowest BCUT2D eigenvalue weighted by atomic mass is 10.1. The molecule has 1 N–H and O–H groups in total. The molecule has 0 heterocycles. The topological polar surface area (TPSA) is 40.5 Å². The summed E-state index contributed by atoms with van der Waals surface area (Å²) >= 11 is 0. The lowest BCUT2D eigenvalue weighted by Crippen LogP contribution is -2.16. The second-order valence-corrected chi connectivity index (χ2v) is 3.74. The van der Waals surface area contributed by atoms with E-state index in [1.54, 1.807) is 6.08 Å². The molecule has 0 unspecified atom stereocenters. The van der Waals surface area contributed by atoms with E-state index in [-0.39, 0.29) is 0 Å². The zero-order chi connectivity index (χ0) is 12.0. The van der Waals surface area contributed by atoms with Gasteiger partial charge in [0.05, 0.1) is 0 Å². The number of rotatable bonds is 5. The minimum Gasteiger partial charge on any atom is -0.478 e. The number of carbonyl (C=O) groups is 1. The van der Waals surface area contributed by atoms with Crippen molar-refractivity contribution >= 4 is 12.0 Å². The van der Waals surface area contributed by atoms with Crippen LogP contribution in [-0.2, 0) is 11.3 Å². The number of benzene rings is 1. The predicted octanol–water partition coefficient (Wildman–Crippen LogP) is 2.24. The molecule has 86 valence electrons. The van der Waals surface area contributed by atoms with Gasteiger partial charge >= 0.3 is 5.97 Å². The normalized spacial score (nSPS) is 11.2. The maximum atomic E-state index is 10.3. The van der Waals surface area contributed by atoms with Crippen molar-refractivity contribution in [3.63, 3.8) is 0 Å². The molecule has 1 aromatic rings. The average molecular weight is 219 g/mol.